The molecule has 0 aliphatic heterocycles. The predicted molar refractivity (Wildman–Crippen MR) is 176 cm³/mol. The maximum Gasteiger partial charge on any atom is 1.00 e. The summed E-state index contributed by atoms with van der Waals surface area (Å²) in [5.41, 5.74) is 1.37. The molecule has 0 bridgehead atoms. The Kier molecular flexibility index (Phi) is 36.0. The van der Waals surface area contributed by atoms with Gasteiger partial charge in [-0.1, -0.05) is 57.6 Å². The standard InChI is InChI=1S/C33H60O13S.Na/c1-2-3-4-5-6-7-8-9-32-10-12-33(13-11-32)45-30-28-43-26-24-41-22-20-39-18-16-37-14-15-38-17-19-40-21-23-42-25-27-44-29-31-46-47(34,35)36;/h10-13H,2-9,14-31H2,1H3,(H,34,35,36);/q;+1/p-1. The van der Waals surface area contributed by atoms with E-state index in [1.807, 2.05) is 12.1 Å². The van der Waals surface area contributed by atoms with E-state index in [0.717, 1.165) is 12.2 Å². The van der Waals surface area contributed by atoms with Crippen molar-refractivity contribution in [3.63, 3.8) is 0 Å². The van der Waals surface area contributed by atoms with Gasteiger partial charge in [0.05, 0.1) is 112 Å². The molecule has 0 radical (unpaired) electrons. The average Bonchev–Trinajstić information content (AvgIpc) is 3.05. The van der Waals surface area contributed by atoms with Crippen LogP contribution in [-0.2, 0) is 58.9 Å². The third kappa shape index (κ3) is 35.4. The molecule has 0 fully saturated rings. The molecule has 15 heteroatoms. The molecule has 0 aliphatic carbocycles. The molecule has 0 aromatic heterocycles. The van der Waals surface area contributed by atoms with Gasteiger partial charge in [-0.05, 0) is 30.5 Å². The molecule has 0 amide bonds. The summed E-state index contributed by atoms with van der Waals surface area (Å²) in [6, 6.07) is 8.41. The van der Waals surface area contributed by atoms with Gasteiger partial charge in [-0.15, -0.1) is 0 Å². The van der Waals surface area contributed by atoms with Crippen molar-refractivity contribution < 1.29 is 89.3 Å². The number of hydrogen-bond acceptors (Lipinski definition) is 13. The molecule has 0 N–H and O–H groups in total. The number of aryl methyl sites for hydroxylation is 1. The summed E-state index contributed by atoms with van der Waals surface area (Å²) in [5.74, 6) is 0.875. The van der Waals surface area contributed by atoms with Crippen LogP contribution in [0.3, 0.4) is 0 Å². The largest absolute Gasteiger partial charge is 1.00 e. The van der Waals surface area contributed by atoms with Gasteiger partial charge >= 0.3 is 29.6 Å². The van der Waals surface area contributed by atoms with Crippen LogP contribution in [0.2, 0.25) is 0 Å². The molecule has 0 atom stereocenters. The summed E-state index contributed by atoms with van der Waals surface area (Å²) in [4.78, 5) is 0. The molecule has 0 saturated carbocycles. The van der Waals surface area contributed by atoms with Crippen molar-refractivity contribution in [1.29, 1.82) is 0 Å². The molecule has 1 rings (SSSR count). The molecule has 1 aromatic rings. The molecular formula is C33H59NaO13S. The molecule has 0 aliphatic rings. The molecule has 13 nitrogen and oxygen atoms in total. The Morgan fingerprint density at radius 3 is 1.19 bits per heavy atom. The van der Waals surface area contributed by atoms with Gasteiger partial charge in [-0.2, -0.15) is 0 Å². The maximum atomic E-state index is 10.2. The van der Waals surface area contributed by atoms with Crippen molar-refractivity contribution in [1.82, 2.24) is 0 Å². The first-order chi connectivity index (χ1) is 23.0. The van der Waals surface area contributed by atoms with E-state index >= 15 is 0 Å². The Morgan fingerprint density at radius 1 is 0.479 bits per heavy atom. The van der Waals surface area contributed by atoms with Gasteiger partial charge in [-0.3, -0.25) is 4.18 Å². The maximum absolute atomic E-state index is 10.2. The van der Waals surface area contributed by atoms with Crippen molar-refractivity contribution in [2.75, 3.05) is 119 Å². The molecule has 1 aromatic carbocycles. The van der Waals surface area contributed by atoms with E-state index in [4.69, 9.17) is 42.6 Å². The second-order valence-electron chi connectivity index (χ2n) is 10.5. The Hall–Kier alpha value is -0.430. The van der Waals surface area contributed by atoms with Gasteiger partial charge in [0.1, 0.15) is 12.4 Å². The van der Waals surface area contributed by atoms with Gasteiger partial charge in [-0.25, -0.2) is 8.42 Å². The fraction of sp³-hybridized carbons (Fsp3) is 0.818. The summed E-state index contributed by atoms with van der Waals surface area (Å²) in [7, 11) is -4.67. The number of benzene rings is 1. The number of unbranched alkanes of at least 4 members (excludes halogenated alkanes) is 6. The first-order valence-electron chi connectivity index (χ1n) is 16.9. The van der Waals surface area contributed by atoms with E-state index in [9.17, 15) is 13.0 Å². The van der Waals surface area contributed by atoms with E-state index in [2.05, 4.69) is 23.2 Å². The van der Waals surface area contributed by atoms with E-state index in [0.29, 0.717) is 99.1 Å². The number of ether oxygens (including phenoxy) is 9. The smallest absolute Gasteiger partial charge is 0.726 e. The molecule has 48 heavy (non-hydrogen) atoms. The monoisotopic (exact) mass is 718 g/mol. The van der Waals surface area contributed by atoms with E-state index < -0.39 is 10.4 Å². The molecule has 0 spiro atoms. The average molecular weight is 719 g/mol. The molecular weight excluding hydrogens is 659 g/mol. The van der Waals surface area contributed by atoms with Crippen LogP contribution in [0, 0.1) is 0 Å². The van der Waals surface area contributed by atoms with E-state index in [1.165, 1.54) is 50.5 Å². The Labute approximate surface area is 311 Å². The van der Waals surface area contributed by atoms with Crippen LogP contribution in [0.4, 0.5) is 0 Å². The normalized spacial score (nSPS) is 11.5. The van der Waals surface area contributed by atoms with Crippen LogP contribution < -0.4 is 34.3 Å². The third-order valence-electron chi connectivity index (χ3n) is 6.55. The first kappa shape index (κ1) is 47.6. The third-order valence-corrected chi connectivity index (χ3v) is 7.00. The minimum atomic E-state index is -4.67. The summed E-state index contributed by atoms with van der Waals surface area (Å²) in [6.07, 6.45) is 10.5. The Bertz CT molecular complexity index is 894. The summed E-state index contributed by atoms with van der Waals surface area (Å²) >= 11 is 0. The predicted octanol–water partition coefficient (Wildman–Crippen LogP) is 0.972. The van der Waals surface area contributed by atoms with Crippen LogP contribution in [0.15, 0.2) is 24.3 Å². The van der Waals surface area contributed by atoms with Crippen LogP contribution in [-0.4, -0.2) is 132 Å². The zero-order valence-electron chi connectivity index (χ0n) is 29.4. The first-order valence-corrected chi connectivity index (χ1v) is 18.3. The zero-order chi connectivity index (χ0) is 33.9. The molecule has 0 heterocycles. The number of rotatable bonds is 37. The Morgan fingerprint density at radius 2 is 0.812 bits per heavy atom. The van der Waals surface area contributed by atoms with Crippen LogP contribution in [0.25, 0.3) is 0 Å². The quantitative estimate of drug-likeness (QED) is 0.0417. The van der Waals surface area contributed by atoms with E-state index in [-0.39, 0.29) is 49.4 Å². The van der Waals surface area contributed by atoms with Crippen molar-refractivity contribution in [2.45, 2.75) is 58.3 Å². The van der Waals surface area contributed by atoms with Crippen LogP contribution >= 0.6 is 0 Å². The van der Waals surface area contributed by atoms with Gasteiger partial charge in [0.2, 0.25) is 10.4 Å². The fourth-order valence-corrected chi connectivity index (χ4v) is 4.37. The molecule has 0 unspecified atom stereocenters. The van der Waals surface area contributed by atoms with Gasteiger partial charge in [0.15, 0.2) is 0 Å². The fourth-order valence-electron chi connectivity index (χ4n) is 4.09. The minimum absolute atomic E-state index is 0. The Balaban J connectivity index is 0.0000221. The van der Waals surface area contributed by atoms with Crippen LogP contribution in [0.1, 0.15) is 57.4 Å². The van der Waals surface area contributed by atoms with E-state index in [1.54, 1.807) is 0 Å². The van der Waals surface area contributed by atoms with Crippen LogP contribution in [0.5, 0.6) is 5.75 Å². The molecule has 0 saturated heterocycles. The topological polar surface area (TPSA) is 150 Å². The number of hydrogen-bond donors (Lipinski definition) is 0. The summed E-state index contributed by atoms with van der Waals surface area (Å²) in [5, 5.41) is 0. The second-order valence-corrected chi connectivity index (χ2v) is 11.5. The van der Waals surface area contributed by atoms with Crippen molar-refractivity contribution >= 4 is 10.4 Å². The van der Waals surface area contributed by atoms with Gasteiger partial charge in [0.25, 0.3) is 0 Å². The molecule has 276 valence electrons. The summed E-state index contributed by atoms with van der Waals surface area (Å²) < 4.78 is 83.7. The van der Waals surface area contributed by atoms with Gasteiger partial charge in [0, 0.05) is 0 Å². The van der Waals surface area contributed by atoms with Crippen molar-refractivity contribution in [3.8, 4) is 5.75 Å². The second kappa shape index (κ2) is 36.4. The van der Waals surface area contributed by atoms with Gasteiger partial charge < -0.3 is 47.2 Å². The van der Waals surface area contributed by atoms with Crippen molar-refractivity contribution in [3.05, 3.63) is 29.8 Å². The minimum Gasteiger partial charge on any atom is -0.726 e. The zero-order valence-corrected chi connectivity index (χ0v) is 32.2. The summed E-state index contributed by atoms with van der Waals surface area (Å²) in [6.45, 7) is 9.16. The van der Waals surface area contributed by atoms with Crippen molar-refractivity contribution in [2.24, 2.45) is 0 Å². The SMILES string of the molecule is CCCCCCCCCc1ccc(OCCOCCOCCOCCOCCOCCOCCOCCOCCOS(=O)(=O)[O-])cc1.[Na+].